The van der Waals surface area contributed by atoms with Gasteiger partial charge in [0, 0.05) is 24.8 Å². The molecule has 8 heteroatoms. The van der Waals surface area contributed by atoms with Gasteiger partial charge in [0.05, 0.1) is 29.2 Å². The lowest BCUT2D eigenvalue weighted by Gasteiger charge is -2.13. The molecule has 1 N–H and O–H groups in total. The Balaban J connectivity index is 1.55. The van der Waals surface area contributed by atoms with Crippen molar-refractivity contribution in [2.45, 2.75) is 39.5 Å². The van der Waals surface area contributed by atoms with Crippen LogP contribution in [0.15, 0.2) is 67.0 Å². The summed E-state index contributed by atoms with van der Waals surface area (Å²) < 4.78 is 8.79. The zero-order valence-corrected chi connectivity index (χ0v) is 19.9. The lowest BCUT2D eigenvalue weighted by atomic mass is 9.99. The normalized spacial score (nSPS) is 12.8. The molecule has 4 rings (SSSR count). The Bertz CT molecular complexity index is 1380. The van der Waals surface area contributed by atoms with Gasteiger partial charge in [0.1, 0.15) is 18.0 Å². The van der Waals surface area contributed by atoms with Crippen molar-refractivity contribution in [1.29, 1.82) is 5.26 Å². The molecule has 178 valence electrons. The molecule has 0 aliphatic carbocycles. The molecular formula is C27H27N5O3. The fourth-order valence-corrected chi connectivity index (χ4v) is 3.95. The van der Waals surface area contributed by atoms with E-state index in [4.69, 9.17) is 4.74 Å². The minimum atomic E-state index is -0.880. The summed E-state index contributed by atoms with van der Waals surface area (Å²) in [6.45, 7) is 6.20. The highest BCUT2D eigenvalue weighted by Gasteiger charge is 2.19. The molecule has 2 aromatic heterocycles. The lowest BCUT2D eigenvalue weighted by molar-refractivity contribution is 0.0158. The number of rotatable bonds is 9. The van der Waals surface area contributed by atoms with E-state index in [1.54, 1.807) is 46.0 Å². The van der Waals surface area contributed by atoms with Crippen LogP contribution in [-0.4, -0.2) is 37.1 Å². The van der Waals surface area contributed by atoms with Crippen molar-refractivity contribution in [3.8, 4) is 11.8 Å². The number of aromatic nitrogens is 4. The molecule has 0 saturated heterocycles. The fourth-order valence-electron chi connectivity index (χ4n) is 3.95. The van der Waals surface area contributed by atoms with E-state index in [1.807, 2.05) is 51.1 Å². The highest BCUT2D eigenvalue weighted by molar-refractivity contribution is 5.96. The summed E-state index contributed by atoms with van der Waals surface area (Å²) in [5, 5.41) is 28.9. The Labute approximate surface area is 204 Å². The summed E-state index contributed by atoms with van der Waals surface area (Å²) in [6.07, 6.45) is 2.42. The number of hydrogen-bond acceptors (Lipinski definition) is 6. The standard InChI is InChI=1S/C27H27N5O3/c1-4-35-19(3)31-17-23(16-29-31)27(34)22-9-5-7-20(12-22)14-26(33)25-11-18(2)30-32(25)24-10-6-8-21(13-24)15-28/h5-13,16-17,19,27,34H,4,14H2,1-3H3. The summed E-state index contributed by atoms with van der Waals surface area (Å²) in [5.74, 6) is -0.113. The Morgan fingerprint density at radius 3 is 2.74 bits per heavy atom. The fraction of sp³-hybridized carbons (Fsp3) is 0.259. The van der Waals surface area contributed by atoms with Crippen LogP contribution in [-0.2, 0) is 11.2 Å². The van der Waals surface area contributed by atoms with E-state index < -0.39 is 6.10 Å². The SMILES string of the molecule is CCOC(C)n1cc(C(O)c2cccc(CC(=O)c3cc(C)nn3-c3cccc(C#N)c3)c2)cn1. The lowest BCUT2D eigenvalue weighted by Crippen LogP contribution is -2.12. The molecule has 0 radical (unpaired) electrons. The Hall–Kier alpha value is -4.06. The van der Waals surface area contributed by atoms with Crippen molar-refractivity contribution in [3.63, 3.8) is 0 Å². The maximum absolute atomic E-state index is 13.3. The van der Waals surface area contributed by atoms with Gasteiger partial charge in [0.2, 0.25) is 0 Å². The summed E-state index contributed by atoms with van der Waals surface area (Å²) in [6, 6.07) is 18.2. The number of aryl methyl sites for hydroxylation is 1. The third-order valence-corrected chi connectivity index (χ3v) is 5.69. The van der Waals surface area contributed by atoms with Gasteiger partial charge in [0.25, 0.3) is 0 Å². The minimum Gasteiger partial charge on any atom is -0.384 e. The highest BCUT2D eigenvalue weighted by atomic mass is 16.5. The maximum Gasteiger partial charge on any atom is 0.185 e. The van der Waals surface area contributed by atoms with E-state index in [9.17, 15) is 15.2 Å². The van der Waals surface area contributed by atoms with Gasteiger partial charge in [-0.1, -0.05) is 30.3 Å². The van der Waals surface area contributed by atoms with E-state index in [0.29, 0.717) is 40.4 Å². The number of carbonyl (C=O) groups excluding carboxylic acids is 1. The van der Waals surface area contributed by atoms with Crippen LogP contribution in [0.25, 0.3) is 5.69 Å². The van der Waals surface area contributed by atoms with Crippen molar-refractivity contribution in [3.05, 3.63) is 101 Å². The van der Waals surface area contributed by atoms with E-state index in [2.05, 4.69) is 16.3 Å². The molecule has 8 nitrogen and oxygen atoms in total. The first-order valence-electron chi connectivity index (χ1n) is 11.4. The number of carbonyl (C=O) groups is 1. The van der Waals surface area contributed by atoms with Crippen molar-refractivity contribution >= 4 is 5.78 Å². The number of aliphatic hydroxyl groups excluding tert-OH is 1. The first kappa shape index (κ1) is 24.1. The van der Waals surface area contributed by atoms with Crippen molar-refractivity contribution < 1.29 is 14.6 Å². The van der Waals surface area contributed by atoms with Crippen LogP contribution in [0.4, 0.5) is 0 Å². The average Bonchev–Trinajstić information content (AvgIpc) is 3.51. The van der Waals surface area contributed by atoms with Crippen molar-refractivity contribution in [2.24, 2.45) is 0 Å². The maximum atomic E-state index is 13.3. The number of benzene rings is 2. The van der Waals surface area contributed by atoms with Gasteiger partial charge in [-0.05, 0) is 56.2 Å². The summed E-state index contributed by atoms with van der Waals surface area (Å²) in [7, 11) is 0. The monoisotopic (exact) mass is 469 g/mol. The van der Waals surface area contributed by atoms with Gasteiger partial charge in [-0.3, -0.25) is 4.79 Å². The van der Waals surface area contributed by atoms with Crippen LogP contribution in [0, 0.1) is 18.3 Å². The quantitative estimate of drug-likeness (QED) is 0.366. The van der Waals surface area contributed by atoms with Gasteiger partial charge in [-0.25, -0.2) is 9.36 Å². The number of ketones is 1. The van der Waals surface area contributed by atoms with E-state index >= 15 is 0 Å². The van der Waals surface area contributed by atoms with Crippen LogP contribution in [0.2, 0.25) is 0 Å². The van der Waals surface area contributed by atoms with Gasteiger partial charge < -0.3 is 9.84 Å². The third-order valence-electron chi connectivity index (χ3n) is 5.69. The molecule has 0 bridgehead atoms. The minimum absolute atomic E-state index is 0.113. The Kier molecular flexibility index (Phi) is 7.20. The topological polar surface area (TPSA) is 106 Å². The smallest absolute Gasteiger partial charge is 0.185 e. The first-order valence-corrected chi connectivity index (χ1v) is 11.4. The molecule has 0 saturated carbocycles. The van der Waals surface area contributed by atoms with Crippen molar-refractivity contribution in [2.75, 3.05) is 6.61 Å². The predicted molar refractivity (Wildman–Crippen MR) is 130 cm³/mol. The molecule has 2 atom stereocenters. The molecule has 0 aliphatic rings. The van der Waals surface area contributed by atoms with E-state index in [-0.39, 0.29) is 18.4 Å². The van der Waals surface area contributed by atoms with Crippen LogP contribution >= 0.6 is 0 Å². The molecule has 2 aromatic carbocycles. The van der Waals surface area contributed by atoms with Crippen molar-refractivity contribution in [1.82, 2.24) is 19.6 Å². The van der Waals surface area contributed by atoms with E-state index in [0.717, 1.165) is 5.56 Å². The zero-order valence-electron chi connectivity index (χ0n) is 19.9. The molecule has 0 fully saturated rings. The second-order valence-electron chi connectivity index (χ2n) is 8.30. The van der Waals surface area contributed by atoms with Crippen LogP contribution in [0.3, 0.4) is 0 Å². The number of nitriles is 1. The molecule has 4 aromatic rings. The predicted octanol–water partition coefficient (Wildman–Crippen LogP) is 4.31. The second-order valence-corrected chi connectivity index (χ2v) is 8.30. The van der Waals surface area contributed by atoms with Gasteiger partial charge in [0.15, 0.2) is 5.78 Å². The largest absolute Gasteiger partial charge is 0.384 e. The van der Waals surface area contributed by atoms with Crippen LogP contribution in [0.1, 0.15) is 64.6 Å². The molecule has 0 amide bonds. The number of Topliss-reactive ketones (excluding diaryl/α,β-unsaturated/α-hetero) is 1. The second kappa shape index (κ2) is 10.5. The highest BCUT2D eigenvalue weighted by Crippen LogP contribution is 2.24. The number of nitrogens with zero attached hydrogens (tertiary/aromatic N) is 5. The molecule has 0 spiro atoms. The van der Waals surface area contributed by atoms with Crippen LogP contribution in [0.5, 0.6) is 0 Å². The van der Waals surface area contributed by atoms with Crippen LogP contribution < -0.4 is 0 Å². The average molecular weight is 470 g/mol. The third kappa shape index (κ3) is 5.38. The summed E-state index contributed by atoms with van der Waals surface area (Å²) >= 11 is 0. The number of ether oxygens (including phenoxy) is 1. The Morgan fingerprint density at radius 1 is 1.17 bits per heavy atom. The number of aliphatic hydroxyl groups is 1. The van der Waals surface area contributed by atoms with Gasteiger partial charge in [-0.15, -0.1) is 0 Å². The molecule has 0 aliphatic heterocycles. The molecule has 2 unspecified atom stereocenters. The summed E-state index contributed by atoms with van der Waals surface area (Å²) in [5.41, 5.74) is 4.39. The molecular weight excluding hydrogens is 442 g/mol. The first-order chi connectivity index (χ1) is 16.9. The Morgan fingerprint density at radius 2 is 1.97 bits per heavy atom. The van der Waals surface area contributed by atoms with E-state index in [1.165, 1.54) is 0 Å². The zero-order chi connectivity index (χ0) is 24.9. The molecule has 2 heterocycles. The number of hydrogen-bond donors (Lipinski definition) is 1. The van der Waals surface area contributed by atoms with Gasteiger partial charge in [-0.2, -0.15) is 15.5 Å². The van der Waals surface area contributed by atoms with Gasteiger partial charge >= 0.3 is 0 Å². The molecule has 35 heavy (non-hydrogen) atoms. The summed E-state index contributed by atoms with van der Waals surface area (Å²) in [4.78, 5) is 13.3.